The predicted octanol–water partition coefficient (Wildman–Crippen LogP) is 3.26. The Labute approximate surface area is 213 Å². The van der Waals surface area contributed by atoms with E-state index in [0.29, 0.717) is 58.1 Å². The zero-order chi connectivity index (χ0) is 26.4. The van der Waals surface area contributed by atoms with Crippen molar-refractivity contribution in [3.05, 3.63) is 22.0 Å². The number of allylic oxidation sites excluding steroid dienone is 4. The Hall–Kier alpha value is -1.39. The van der Waals surface area contributed by atoms with Crippen LogP contribution in [-0.4, -0.2) is 53.2 Å². The molecule has 0 aliphatic carbocycles. The summed E-state index contributed by atoms with van der Waals surface area (Å²) >= 11 is 0. The molecule has 0 spiro atoms. The number of carboxylic acids is 1. The number of aliphatic carboxylic acids is 1. The second-order valence-electron chi connectivity index (χ2n) is 11.0. The molecule has 35 heavy (non-hydrogen) atoms. The summed E-state index contributed by atoms with van der Waals surface area (Å²) in [6.07, 6.45) is 7.23. The van der Waals surface area contributed by atoms with Gasteiger partial charge in [0.1, 0.15) is 0 Å². The Morgan fingerprint density at radius 1 is 0.857 bits per heavy atom. The van der Waals surface area contributed by atoms with Crippen molar-refractivity contribution in [2.45, 2.75) is 91.9 Å². The number of rotatable bonds is 13. The van der Waals surface area contributed by atoms with E-state index in [1.54, 1.807) is 13.8 Å². The largest absolute Gasteiger partial charge is 0.646 e. The molecule has 0 aromatic rings. The summed E-state index contributed by atoms with van der Waals surface area (Å²) in [5.41, 5.74) is -1.10. The molecule has 2 heterocycles. The second-order valence-corrected chi connectivity index (χ2v) is 14.6. The zero-order valence-electron chi connectivity index (χ0n) is 21.3. The second kappa shape index (κ2) is 12.7. The maximum absolute atomic E-state index is 13.1. The fraction of sp³-hybridized carbons (Fsp3) is 0.654. The van der Waals surface area contributed by atoms with E-state index in [-0.39, 0.29) is 36.4 Å². The summed E-state index contributed by atoms with van der Waals surface area (Å²) < 4.78 is 26.2. The molecule has 198 valence electrons. The first kappa shape index (κ1) is 29.8. The normalized spacial score (nSPS) is 21.8. The standard InChI is InChI=1S/C26H40O7S2/c1-25(2,17-27)11-5-7-20-13-18(28)15-22(34(20)32)9-10-23-16-19(29)14-21(35(23)33)8-6-12-26(3,4)24(30)31/h13,16,27,34-35H,5-12,14-15,17H2,1-4H3,(H-2,30,31,32,33). The van der Waals surface area contributed by atoms with E-state index < -0.39 is 32.9 Å². The summed E-state index contributed by atoms with van der Waals surface area (Å²) in [4.78, 5) is 38.3. The summed E-state index contributed by atoms with van der Waals surface area (Å²) in [6, 6.07) is 0. The van der Waals surface area contributed by atoms with Gasteiger partial charge in [0.2, 0.25) is 0 Å². The molecule has 2 N–H and O–H groups in total. The molecule has 0 fully saturated rings. The lowest BCUT2D eigenvalue weighted by molar-refractivity contribution is -0.147. The monoisotopic (exact) mass is 528 g/mol. The smallest absolute Gasteiger partial charge is 0.309 e. The van der Waals surface area contributed by atoms with E-state index in [9.17, 15) is 33.7 Å². The van der Waals surface area contributed by atoms with Gasteiger partial charge in [-0.3, -0.25) is 14.4 Å². The van der Waals surface area contributed by atoms with Crippen molar-refractivity contribution in [1.82, 2.24) is 0 Å². The van der Waals surface area contributed by atoms with Gasteiger partial charge in [-0.2, -0.15) is 21.5 Å². The lowest BCUT2D eigenvalue weighted by Gasteiger charge is -2.24. The van der Waals surface area contributed by atoms with Crippen LogP contribution < -0.4 is 0 Å². The number of hydrogen-bond acceptors (Lipinski definition) is 6. The van der Waals surface area contributed by atoms with Crippen LogP contribution in [0.25, 0.3) is 0 Å². The zero-order valence-corrected chi connectivity index (χ0v) is 23.1. The highest BCUT2D eigenvalue weighted by atomic mass is 32.2. The highest BCUT2D eigenvalue weighted by molar-refractivity contribution is 7.95. The van der Waals surface area contributed by atoms with Crippen LogP contribution in [0.1, 0.15) is 91.9 Å². The van der Waals surface area contributed by atoms with Gasteiger partial charge in [-0.1, -0.05) is 13.8 Å². The third-order valence-electron chi connectivity index (χ3n) is 6.74. The minimum absolute atomic E-state index is 0.0663. The number of carbonyl (C=O) groups excluding carboxylic acids is 2. The van der Waals surface area contributed by atoms with Gasteiger partial charge in [-0.15, -0.1) is 0 Å². The number of aliphatic hydroxyl groups excluding tert-OH is 1. The van der Waals surface area contributed by atoms with Gasteiger partial charge in [-0.25, -0.2) is 0 Å². The highest BCUT2D eigenvalue weighted by Crippen LogP contribution is 2.28. The van der Waals surface area contributed by atoms with Crippen LogP contribution in [0.2, 0.25) is 0 Å². The lowest BCUT2D eigenvalue weighted by Crippen LogP contribution is -2.25. The Bertz CT molecular complexity index is 984. The van der Waals surface area contributed by atoms with Crippen molar-refractivity contribution in [3.63, 3.8) is 0 Å². The first-order valence-electron chi connectivity index (χ1n) is 12.2. The molecule has 0 amide bonds. The summed E-state index contributed by atoms with van der Waals surface area (Å²) in [7, 11) is -3.68. The number of aliphatic hydroxyl groups is 1. The maximum Gasteiger partial charge on any atom is 0.309 e. The third-order valence-corrected chi connectivity index (χ3v) is 10.4. The summed E-state index contributed by atoms with van der Waals surface area (Å²) in [5, 5.41) is 18.7. The van der Waals surface area contributed by atoms with Gasteiger partial charge in [0.15, 0.2) is 11.6 Å². The highest BCUT2D eigenvalue weighted by Gasteiger charge is 2.28. The fourth-order valence-electron chi connectivity index (χ4n) is 4.21. The lowest BCUT2D eigenvalue weighted by atomic mass is 9.87. The Morgan fingerprint density at radius 3 is 1.86 bits per heavy atom. The van der Waals surface area contributed by atoms with Crippen molar-refractivity contribution in [1.29, 1.82) is 0 Å². The fourth-order valence-corrected chi connectivity index (χ4v) is 7.50. The quantitative estimate of drug-likeness (QED) is 0.213. The SMILES string of the molecule is CC(C)(CO)CCCC1=CC(=O)CC(CCC2=CC(=O)CC(CCCC(C)(C)C(=O)O)=[SH+]2[O-])=[SH+]1[O-]. The molecule has 9 heteroatoms. The molecular weight excluding hydrogens is 488 g/mol. The minimum Gasteiger partial charge on any atom is -0.646 e. The van der Waals surface area contributed by atoms with Crippen molar-refractivity contribution in [2.75, 3.05) is 6.61 Å². The number of carbonyl (C=O) groups is 3. The number of thiol groups is 2. The molecule has 2 rings (SSSR count). The van der Waals surface area contributed by atoms with Crippen LogP contribution in [0.15, 0.2) is 22.0 Å². The molecular formula is C26H40O7S2. The summed E-state index contributed by atoms with van der Waals surface area (Å²) in [5.74, 6) is -1.09. The molecule has 2 aliphatic heterocycles. The first-order chi connectivity index (χ1) is 16.3. The summed E-state index contributed by atoms with van der Waals surface area (Å²) in [6.45, 7) is 7.29. The van der Waals surface area contributed by atoms with Crippen LogP contribution in [0.4, 0.5) is 0 Å². The van der Waals surface area contributed by atoms with Gasteiger partial charge >= 0.3 is 5.97 Å². The molecule has 2 unspecified atom stereocenters. The topological polar surface area (TPSA) is 138 Å². The van der Waals surface area contributed by atoms with Gasteiger partial charge in [0, 0.05) is 44.4 Å². The molecule has 2 atom stereocenters. The van der Waals surface area contributed by atoms with Crippen molar-refractivity contribution >= 4 is 48.8 Å². The van der Waals surface area contributed by atoms with E-state index >= 15 is 0 Å². The molecule has 0 saturated carbocycles. The van der Waals surface area contributed by atoms with E-state index in [2.05, 4.69) is 0 Å². The van der Waals surface area contributed by atoms with E-state index in [4.69, 9.17) is 0 Å². The molecule has 2 aliphatic rings. The molecule has 0 bridgehead atoms. The van der Waals surface area contributed by atoms with Crippen LogP contribution in [0, 0.1) is 10.8 Å². The van der Waals surface area contributed by atoms with Gasteiger partial charge < -0.3 is 19.3 Å². The molecule has 0 aromatic carbocycles. The van der Waals surface area contributed by atoms with Crippen molar-refractivity contribution in [2.24, 2.45) is 10.8 Å². The Balaban J connectivity index is 2.04. The third kappa shape index (κ3) is 8.89. The van der Waals surface area contributed by atoms with Crippen LogP contribution in [0.3, 0.4) is 0 Å². The van der Waals surface area contributed by atoms with Gasteiger partial charge in [0.25, 0.3) is 0 Å². The Kier molecular flexibility index (Phi) is 10.8. The average Bonchev–Trinajstić information content (AvgIpc) is 2.77. The number of ketones is 2. The van der Waals surface area contributed by atoms with Crippen molar-refractivity contribution in [3.8, 4) is 0 Å². The number of hydrogen-bond donors (Lipinski definition) is 2. The van der Waals surface area contributed by atoms with E-state index in [1.165, 1.54) is 12.2 Å². The maximum atomic E-state index is 13.1. The minimum atomic E-state index is -1.87. The molecule has 0 saturated heterocycles. The predicted molar refractivity (Wildman–Crippen MR) is 144 cm³/mol. The van der Waals surface area contributed by atoms with Crippen LogP contribution in [-0.2, 0) is 35.9 Å². The van der Waals surface area contributed by atoms with Gasteiger partial charge in [0.05, 0.1) is 37.8 Å². The molecule has 7 nitrogen and oxygen atoms in total. The first-order valence-corrected chi connectivity index (χ1v) is 14.7. The molecule has 0 radical (unpaired) electrons. The Morgan fingerprint density at radius 2 is 1.34 bits per heavy atom. The van der Waals surface area contributed by atoms with E-state index in [1.807, 2.05) is 13.8 Å². The van der Waals surface area contributed by atoms with E-state index in [0.717, 1.165) is 12.8 Å². The molecule has 0 aromatic heterocycles. The van der Waals surface area contributed by atoms with Crippen LogP contribution >= 0.6 is 0 Å². The van der Waals surface area contributed by atoms with Gasteiger partial charge in [-0.05, 0) is 44.9 Å². The number of carboxylic acid groups (broad SMARTS) is 1. The average molecular weight is 529 g/mol. The van der Waals surface area contributed by atoms with Crippen LogP contribution in [0.5, 0.6) is 0 Å². The van der Waals surface area contributed by atoms with Crippen molar-refractivity contribution < 1.29 is 33.7 Å².